The van der Waals surface area contributed by atoms with Crippen LogP contribution in [-0.4, -0.2) is 30.0 Å². The van der Waals surface area contributed by atoms with Gasteiger partial charge in [-0.05, 0) is 34.6 Å². The molecule has 0 aromatic carbocycles. The molecule has 0 aliphatic heterocycles. The third-order valence-electron chi connectivity index (χ3n) is 1.22. The summed E-state index contributed by atoms with van der Waals surface area (Å²) in [4.78, 5) is 25.7. The Balaban J connectivity index is 4.36. The standard InChI is InChI=1S/C10H17NO4/c1-6-14-8(12)7(2)11-9(13)15-10(3,4)5/h6H2,1-5H3. The van der Waals surface area contributed by atoms with Gasteiger partial charge in [0, 0.05) is 0 Å². The molecule has 86 valence electrons. The number of carbonyl (C=O) groups excluding carboxylic acids is 2. The van der Waals surface area contributed by atoms with Crippen molar-refractivity contribution in [2.45, 2.75) is 40.2 Å². The van der Waals surface area contributed by atoms with E-state index in [1.807, 2.05) is 0 Å². The second kappa shape index (κ2) is 5.48. The number of esters is 1. The number of nitrogens with zero attached hydrogens (tertiary/aromatic N) is 1. The van der Waals surface area contributed by atoms with Gasteiger partial charge in [0.15, 0.2) is 0 Å². The second-order valence-electron chi connectivity index (χ2n) is 3.90. The quantitative estimate of drug-likeness (QED) is 0.521. The third kappa shape index (κ3) is 6.65. The highest BCUT2D eigenvalue weighted by Crippen LogP contribution is 2.08. The summed E-state index contributed by atoms with van der Waals surface area (Å²) >= 11 is 0. The van der Waals surface area contributed by atoms with Crippen LogP contribution < -0.4 is 0 Å². The van der Waals surface area contributed by atoms with E-state index < -0.39 is 17.7 Å². The molecule has 0 aromatic heterocycles. The van der Waals surface area contributed by atoms with Crippen LogP contribution in [-0.2, 0) is 14.3 Å². The summed E-state index contributed by atoms with van der Waals surface area (Å²) in [5.41, 5.74) is -0.624. The maximum Gasteiger partial charge on any atom is 0.434 e. The molecule has 1 amide bonds. The lowest BCUT2D eigenvalue weighted by Crippen LogP contribution is -2.24. The molecule has 0 radical (unpaired) electrons. The Hall–Kier alpha value is -1.39. The summed E-state index contributed by atoms with van der Waals surface area (Å²) in [5.74, 6) is -0.608. The van der Waals surface area contributed by atoms with Crippen molar-refractivity contribution in [2.24, 2.45) is 4.99 Å². The highest BCUT2D eigenvalue weighted by Gasteiger charge is 2.17. The maximum absolute atomic E-state index is 11.2. The molecule has 0 fully saturated rings. The lowest BCUT2D eigenvalue weighted by Gasteiger charge is -2.17. The summed E-state index contributed by atoms with van der Waals surface area (Å²) in [5, 5.41) is 0. The van der Waals surface area contributed by atoms with Crippen molar-refractivity contribution in [3.63, 3.8) is 0 Å². The number of carbonyl (C=O) groups is 2. The van der Waals surface area contributed by atoms with Crippen molar-refractivity contribution in [3.8, 4) is 0 Å². The molecule has 0 unspecified atom stereocenters. The van der Waals surface area contributed by atoms with Crippen molar-refractivity contribution in [1.82, 2.24) is 0 Å². The summed E-state index contributed by atoms with van der Waals surface area (Å²) in [7, 11) is 0. The largest absolute Gasteiger partial charge is 0.462 e. The number of amides is 1. The zero-order valence-electron chi connectivity index (χ0n) is 9.79. The fraction of sp³-hybridized carbons (Fsp3) is 0.700. The number of hydrogen-bond donors (Lipinski definition) is 0. The molecule has 0 atom stereocenters. The van der Waals surface area contributed by atoms with Gasteiger partial charge in [-0.1, -0.05) is 0 Å². The minimum atomic E-state index is -0.784. The van der Waals surface area contributed by atoms with E-state index >= 15 is 0 Å². The van der Waals surface area contributed by atoms with E-state index in [4.69, 9.17) is 4.74 Å². The number of ether oxygens (including phenoxy) is 2. The zero-order valence-corrected chi connectivity index (χ0v) is 9.79. The molecule has 0 N–H and O–H groups in total. The summed E-state index contributed by atoms with van der Waals surface area (Å²) < 4.78 is 9.56. The molecular weight excluding hydrogens is 198 g/mol. The first-order valence-corrected chi connectivity index (χ1v) is 4.71. The third-order valence-corrected chi connectivity index (χ3v) is 1.22. The first kappa shape index (κ1) is 13.6. The van der Waals surface area contributed by atoms with Gasteiger partial charge in [-0.3, -0.25) is 0 Å². The Morgan fingerprint density at radius 3 is 2.20 bits per heavy atom. The van der Waals surface area contributed by atoms with E-state index in [2.05, 4.69) is 9.73 Å². The Bertz CT molecular complexity index is 276. The van der Waals surface area contributed by atoms with Crippen LogP contribution in [0.15, 0.2) is 4.99 Å². The van der Waals surface area contributed by atoms with E-state index in [-0.39, 0.29) is 12.3 Å². The Labute approximate surface area is 89.5 Å². The van der Waals surface area contributed by atoms with Gasteiger partial charge < -0.3 is 9.47 Å². The minimum absolute atomic E-state index is 0.00824. The topological polar surface area (TPSA) is 65.0 Å². The Morgan fingerprint density at radius 1 is 1.27 bits per heavy atom. The smallest absolute Gasteiger partial charge is 0.434 e. The minimum Gasteiger partial charge on any atom is -0.462 e. The molecule has 0 saturated heterocycles. The highest BCUT2D eigenvalue weighted by molar-refractivity contribution is 6.36. The van der Waals surface area contributed by atoms with E-state index in [1.165, 1.54) is 6.92 Å². The average Bonchev–Trinajstić information content (AvgIpc) is 2.00. The summed E-state index contributed by atoms with van der Waals surface area (Å²) in [6, 6.07) is 0. The first-order valence-electron chi connectivity index (χ1n) is 4.71. The van der Waals surface area contributed by atoms with Crippen LogP contribution in [0, 0.1) is 0 Å². The fourth-order valence-corrected chi connectivity index (χ4v) is 0.703. The zero-order chi connectivity index (χ0) is 12.1. The Morgan fingerprint density at radius 2 is 1.80 bits per heavy atom. The highest BCUT2D eigenvalue weighted by atomic mass is 16.6. The predicted octanol–water partition coefficient (Wildman–Crippen LogP) is 1.95. The van der Waals surface area contributed by atoms with Crippen LogP contribution in [0.2, 0.25) is 0 Å². The van der Waals surface area contributed by atoms with Gasteiger partial charge >= 0.3 is 12.1 Å². The van der Waals surface area contributed by atoms with Gasteiger partial charge in [0.25, 0.3) is 0 Å². The lowest BCUT2D eigenvalue weighted by molar-refractivity contribution is -0.135. The van der Waals surface area contributed by atoms with Crippen LogP contribution in [0.5, 0.6) is 0 Å². The molecule has 0 aliphatic carbocycles. The number of aliphatic imine (C=N–C) groups is 1. The van der Waals surface area contributed by atoms with Crippen LogP contribution in [0.3, 0.4) is 0 Å². The summed E-state index contributed by atoms with van der Waals surface area (Å²) in [6.45, 7) is 8.50. The second-order valence-corrected chi connectivity index (χ2v) is 3.90. The van der Waals surface area contributed by atoms with E-state index in [9.17, 15) is 9.59 Å². The Kier molecular flexibility index (Phi) is 4.97. The average molecular weight is 215 g/mol. The van der Waals surface area contributed by atoms with Crippen LogP contribution in [0.1, 0.15) is 34.6 Å². The molecule has 5 nitrogen and oxygen atoms in total. The van der Waals surface area contributed by atoms with Gasteiger partial charge in [-0.25, -0.2) is 9.59 Å². The van der Waals surface area contributed by atoms with E-state index in [0.29, 0.717) is 0 Å². The molecule has 0 spiro atoms. The summed E-state index contributed by atoms with van der Waals surface area (Å²) in [6.07, 6.45) is -0.784. The van der Waals surface area contributed by atoms with Gasteiger partial charge in [-0.2, -0.15) is 4.99 Å². The lowest BCUT2D eigenvalue weighted by atomic mass is 10.2. The normalized spacial score (nSPS) is 12.2. The van der Waals surface area contributed by atoms with Crippen molar-refractivity contribution in [1.29, 1.82) is 0 Å². The van der Waals surface area contributed by atoms with Gasteiger partial charge in [-0.15, -0.1) is 0 Å². The van der Waals surface area contributed by atoms with Crippen molar-refractivity contribution >= 4 is 17.8 Å². The number of rotatable bonds is 2. The molecule has 0 aliphatic rings. The number of hydrogen-bond acceptors (Lipinski definition) is 4. The van der Waals surface area contributed by atoms with E-state index in [1.54, 1.807) is 27.7 Å². The van der Waals surface area contributed by atoms with Crippen molar-refractivity contribution < 1.29 is 19.1 Å². The molecular formula is C10H17NO4. The van der Waals surface area contributed by atoms with Crippen molar-refractivity contribution in [2.75, 3.05) is 6.61 Å². The van der Waals surface area contributed by atoms with Crippen LogP contribution >= 0.6 is 0 Å². The predicted molar refractivity (Wildman–Crippen MR) is 56.0 cm³/mol. The SMILES string of the molecule is CCOC(=O)C(C)=NC(=O)OC(C)(C)C. The first-order chi connectivity index (χ1) is 6.76. The molecule has 0 saturated carbocycles. The maximum atomic E-state index is 11.2. The van der Waals surface area contributed by atoms with Crippen LogP contribution in [0.4, 0.5) is 4.79 Å². The molecule has 0 heterocycles. The molecule has 0 rings (SSSR count). The molecule has 15 heavy (non-hydrogen) atoms. The molecule has 0 aromatic rings. The fourth-order valence-electron chi connectivity index (χ4n) is 0.703. The monoisotopic (exact) mass is 215 g/mol. The van der Waals surface area contributed by atoms with Gasteiger partial charge in [0.05, 0.1) is 6.61 Å². The molecule has 0 bridgehead atoms. The van der Waals surface area contributed by atoms with Gasteiger partial charge in [0.2, 0.25) is 0 Å². The molecule has 5 heteroatoms. The van der Waals surface area contributed by atoms with Crippen LogP contribution in [0.25, 0.3) is 0 Å². The van der Waals surface area contributed by atoms with Crippen molar-refractivity contribution in [3.05, 3.63) is 0 Å². The van der Waals surface area contributed by atoms with E-state index in [0.717, 1.165) is 0 Å². The van der Waals surface area contributed by atoms with Gasteiger partial charge in [0.1, 0.15) is 11.3 Å².